The van der Waals surface area contributed by atoms with Gasteiger partial charge in [-0.15, -0.1) is 0 Å². The lowest BCUT2D eigenvalue weighted by atomic mass is 10.2. The van der Waals surface area contributed by atoms with Crippen LogP contribution in [-0.2, 0) is 13.2 Å². The normalized spacial score (nSPS) is 10.3. The first kappa shape index (κ1) is 14.9. The number of rotatable bonds is 6. The fraction of sp³-hybridized carbons (Fsp3) is 0.105. The second-order valence-electron chi connectivity index (χ2n) is 5.11. The largest absolute Gasteiger partial charge is 0.489 e. The molecule has 0 aliphatic heterocycles. The predicted octanol–water partition coefficient (Wildman–Crippen LogP) is 3.79. The van der Waals surface area contributed by atoms with Gasteiger partial charge in [-0.3, -0.25) is 4.79 Å². The zero-order chi connectivity index (χ0) is 15.9. The summed E-state index contributed by atoms with van der Waals surface area (Å²) in [6, 6.07) is 19.3. The third-order valence-corrected chi connectivity index (χ3v) is 3.41. The molecule has 116 valence electrons. The van der Waals surface area contributed by atoms with Gasteiger partial charge in [-0.05, 0) is 29.3 Å². The van der Waals surface area contributed by atoms with Crippen LogP contribution in [0.3, 0.4) is 0 Å². The second-order valence-corrected chi connectivity index (χ2v) is 5.11. The van der Waals surface area contributed by atoms with Crippen molar-refractivity contribution in [3.8, 4) is 5.75 Å². The smallest absolute Gasteiger partial charge is 0.254 e. The van der Waals surface area contributed by atoms with Crippen LogP contribution in [0.4, 0.5) is 0 Å². The van der Waals surface area contributed by atoms with E-state index < -0.39 is 0 Å². The van der Waals surface area contributed by atoms with Crippen LogP contribution in [0.2, 0.25) is 0 Å². The number of nitrogens with one attached hydrogen (secondary N) is 1. The minimum Gasteiger partial charge on any atom is -0.489 e. The first-order valence-corrected chi connectivity index (χ1v) is 7.37. The van der Waals surface area contributed by atoms with Crippen LogP contribution < -0.4 is 10.1 Å². The van der Waals surface area contributed by atoms with Crippen molar-refractivity contribution in [3.05, 3.63) is 89.9 Å². The van der Waals surface area contributed by atoms with Gasteiger partial charge in [-0.1, -0.05) is 42.5 Å². The minimum absolute atomic E-state index is 0.150. The number of furan rings is 1. The molecule has 0 fully saturated rings. The molecule has 0 saturated carbocycles. The Balaban J connectivity index is 1.50. The van der Waals surface area contributed by atoms with Gasteiger partial charge in [-0.2, -0.15) is 0 Å². The maximum atomic E-state index is 11.8. The average molecular weight is 307 g/mol. The Morgan fingerprint density at radius 1 is 0.957 bits per heavy atom. The SMILES string of the molecule is O=C(NCc1ccc(OCc2ccccc2)cc1)c1ccoc1. The quantitative estimate of drug-likeness (QED) is 0.754. The molecule has 1 heterocycles. The van der Waals surface area contributed by atoms with E-state index >= 15 is 0 Å². The lowest BCUT2D eigenvalue weighted by molar-refractivity contribution is 0.0950. The number of hydrogen-bond donors (Lipinski definition) is 1. The van der Waals surface area contributed by atoms with E-state index in [1.807, 2.05) is 54.6 Å². The van der Waals surface area contributed by atoms with Crippen molar-refractivity contribution in [2.45, 2.75) is 13.2 Å². The molecule has 0 atom stereocenters. The van der Waals surface area contributed by atoms with E-state index in [0.717, 1.165) is 16.9 Å². The van der Waals surface area contributed by atoms with Gasteiger partial charge in [-0.25, -0.2) is 0 Å². The van der Waals surface area contributed by atoms with Crippen LogP contribution in [0, 0.1) is 0 Å². The molecule has 0 saturated heterocycles. The molecule has 2 aromatic carbocycles. The van der Waals surface area contributed by atoms with Crippen LogP contribution in [0.25, 0.3) is 0 Å². The highest BCUT2D eigenvalue weighted by molar-refractivity contribution is 5.93. The van der Waals surface area contributed by atoms with E-state index in [1.165, 1.54) is 12.5 Å². The summed E-state index contributed by atoms with van der Waals surface area (Å²) in [6.07, 6.45) is 2.91. The zero-order valence-electron chi connectivity index (χ0n) is 12.6. The van der Waals surface area contributed by atoms with Gasteiger partial charge in [0, 0.05) is 6.54 Å². The van der Waals surface area contributed by atoms with E-state index in [1.54, 1.807) is 6.07 Å². The van der Waals surface area contributed by atoms with Gasteiger partial charge in [0.1, 0.15) is 18.6 Å². The Hall–Kier alpha value is -3.01. The maximum Gasteiger partial charge on any atom is 0.254 e. The number of carbonyl (C=O) groups excluding carboxylic acids is 1. The summed E-state index contributed by atoms with van der Waals surface area (Å²) in [5.74, 6) is 0.655. The number of benzene rings is 2. The molecule has 4 heteroatoms. The van der Waals surface area contributed by atoms with Crippen molar-refractivity contribution in [3.63, 3.8) is 0 Å². The molecule has 3 aromatic rings. The fourth-order valence-corrected chi connectivity index (χ4v) is 2.12. The Morgan fingerprint density at radius 3 is 2.43 bits per heavy atom. The van der Waals surface area contributed by atoms with Crippen molar-refractivity contribution >= 4 is 5.91 Å². The van der Waals surface area contributed by atoms with Crippen molar-refractivity contribution in [1.82, 2.24) is 5.32 Å². The van der Waals surface area contributed by atoms with Crippen molar-refractivity contribution in [2.75, 3.05) is 0 Å². The standard InChI is InChI=1S/C19H17NO3/c21-19(17-10-11-22-14-17)20-12-15-6-8-18(9-7-15)23-13-16-4-2-1-3-5-16/h1-11,14H,12-13H2,(H,20,21). The second kappa shape index (κ2) is 7.31. The first-order chi connectivity index (χ1) is 11.3. The molecular weight excluding hydrogens is 290 g/mol. The number of ether oxygens (including phenoxy) is 1. The maximum absolute atomic E-state index is 11.8. The Labute approximate surface area is 134 Å². The molecule has 0 aliphatic carbocycles. The molecule has 0 radical (unpaired) electrons. The molecule has 0 spiro atoms. The third kappa shape index (κ3) is 4.23. The number of hydrogen-bond acceptors (Lipinski definition) is 3. The van der Waals surface area contributed by atoms with Gasteiger partial charge >= 0.3 is 0 Å². The van der Waals surface area contributed by atoms with E-state index in [-0.39, 0.29) is 5.91 Å². The monoisotopic (exact) mass is 307 g/mol. The first-order valence-electron chi connectivity index (χ1n) is 7.37. The summed E-state index contributed by atoms with van der Waals surface area (Å²) >= 11 is 0. The fourth-order valence-electron chi connectivity index (χ4n) is 2.12. The minimum atomic E-state index is -0.150. The van der Waals surface area contributed by atoms with Crippen molar-refractivity contribution in [2.24, 2.45) is 0 Å². The third-order valence-electron chi connectivity index (χ3n) is 3.41. The van der Waals surface area contributed by atoms with Gasteiger partial charge in [0.2, 0.25) is 0 Å². The lowest BCUT2D eigenvalue weighted by Crippen LogP contribution is -2.22. The van der Waals surface area contributed by atoms with Crippen LogP contribution in [0.5, 0.6) is 5.75 Å². The van der Waals surface area contributed by atoms with E-state index in [9.17, 15) is 4.79 Å². The predicted molar refractivity (Wildman–Crippen MR) is 87.1 cm³/mol. The van der Waals surface area contributed by atoms with E-state index in [4.69, 9.17) is 9.15 Å². The summed E-state index contributed by atoms with van der Waals surface area (Å²) in [6.45, 7) is 1.00. The lowest BCUT2D eigenvalue weighted by Gasteiger charge is -2.08. The summed E-state index contributed by atoms with van der Waals surface area (Å²) in [7, 11) is 0. The summed E-state index contributed by atoms with van der Waals surface area (Å²) in [5.41, 5.74) is 2.66. The summed E-state index contributed by atoms with van der Waals surface area (Å²) in [4.78, 5) is 11.8. The Morgan fingerprint density at radius 2 is 1.74 bits per heavy atom. The van der Waals surface area contributed by atoms with Gasteiger partial charge in [0.15, 0.2) is 0 Å². The summed E-state index contributed by atoms with van der Waals surface area (Å²) < 4.78 is 10.6. The molecule has 4 nitrogen and oxygen atoms in total. The van der Waals surface area contributed by atoms with E-state index in [2.05, 4.69) is 5.32 Å². The van der Waals surface area contributed by atoms with Crippen molar-refractivity contribution < 1.29 is 13.9 Å². The molecule has 1 aromatic heterocycles. The van der Waals surface area contributed by atoms with Gasteiger partial charge in [0.05, 0.1) is 11.8 Å². The molecular formula is C19H17NO3. The van der Waals surface area contributed by atoms with Crippen LogP contribution >= 0.6 is 0 Å². The average Bonchev–Trinajstić information content (AvgIpc) is 3.14. The molecule has 1 amide bonds. The van der Waals surface area contributed by atoms with Crippen LogP contribution in [-0.4, -0.2) is 5.91 Å². The number of carbonyl (C=O) groups is 1. The molecule has 0 unspecified atom stereocenters. The van der Waals surface area contributed by atoms with Crippen LogP contribution in [0.15, 0.2) is 77.6 Å². The highest BCUT2D eigenvalue weighted by Gasteiger charge is 2.06. The Kier molecular flexibility index (Phi) is 4.74. The summed E-state index contributed by atoms with van der Waals surface area (Å²) in [5, 5.41) is 2.84. The van der Waals surface area contributed by atoms with E-state index in [0.29, 0.717) is 18.7 Å². The topological polar surface area (TPSA) is 51.5 Å². The molecule has 23 heavy (non-hydrogen) atoms. The molecule has 1 N–H and O–H groups in total. The molecule has 0 bridgehead atoms. The highest BCUT2D eigenvalue weighted by Crippen LogP contribution is 2.14. The highest BCUT2D eigenvalue weighted by atomic mass is 16.5. The van der Waals surface area contributed by atoms with Crippen LogP contribution in [0.1, 0.15) is 21.5 Å². The molecule has 3 rings (SSSR count). The number of amides is 1. The van der Waals surface area contributed by atoms with Gasteiger partial charge < -0.3 is 14.5 Å². The van der Waals surface area contributed by atoms with Gasteiger partial charge in [0.25, 0.3) is 5.91 Å². The molecule has 0 aliphatic rings. The zero-order valence-corrected chi connectivity index (χ0v) is 12.6. The Bertz CT molecular complexity index is 734. The van der Waals surface area contributed by atoms with Crippen molar-refractivity contribution in [1.29, 1.82) is 0 Å².